The van der Waals surface area contributed by atoms with Crippen molar-refractivity contribution in [1.29, 1.82) is 0 Å². The zero-order valence-corrected chi connectivity index (χ0v) is 42.4. The van der Waals surface area contributed by atoms with Crippen molar-refractivity contribution in [3.63, 3.8) is 0 Å². The number of unbranched alkanes of at least 4 members (excludes halogenated alkanes) is 19. The summed E-state index contributed by atoms with van der Waals surface area (Å²) in [4.78, 5) is 104. The van der Waals surface area contributed by atoms with E-state index >= 15 is 0 Å². The molecule has 1 fully saturated rings. The second-order valence-corrected chi connectivity index (χ2v) is 21.9. The fourth-order valence-corrected chi connectivity index (χ4v) is 10.1. The third kappa shape index (κ3) is 32.5. The predicted molar refractivity (Wildman–Crippen MR) is 241 cm³/mol. The van der Waals surface area contributed by atoms with Crippen LogP contribution in [0.3, 0.4) is 0 Å². The van der Waals surface area contributed by atoms with Crippen LogP contribution in [-0.2, 0) is 64.7 Å². The van der Waals surface area contributed by atoms with E-state index in [2.05, 4.69) is 20.5 Å². The number of phosphoric ester groups is 4. The monoisotopic (exact) mass is 1050 g/mol. The summed E-state index contributed by atoms with van der Waals surface area (Å²) in [7, 11) is -23.0. The molecule has 0 spiro atoms. The highest BCUT2D eigenvalue weighted by Gasteiger charge is 2.59. The lowest BCUT2D eigenvalue weighted by Gasteiger charge is -2.45. The zero-order valence-electron chi connectivity index (χ0n) is 38.9. The molecule has 27 heteroatoms. The Morgan fingerprint density at radius 2 is 0.806 bits per heavy atom. The number of Topliss-reactive ketones (excluding diaryl/α,β-unsaturated/α-hetero) is 1. The van der Waals surface area contributed by atoms with Crippen molar-refractivity contribution in [1.82, 2.24) is 0 Å². The molecule has 0 saturated heterocycles. The van der Waals surface area contributed by atoms with E-state index in [0.717, 1.165) is 77.0 Å². The topological polar surface area (TPSA) is 366 Å². The van der Waals surface area contributed by atoms with Gasteiger partial charge in [-0.1, -0.05) is 129 Å². The Labute approximate surface area is 394 Å². The maximum atomic E-state index is 13.2. The lowest BCUT2D eigenvalue weighted by Crippen LogP contribution is -2.65. The number of aliphatic hydroxyl groups is 2. The molecule has 8 atom stereocenters. The number of aliphatic hydroxyl groups excluding tert-OH is 2. The highest BCUT2D eigenvalue weighted by Crippen LogP contribution is 2.53. The van der Waals surface area contributed by atoms with Crippen molar-refractivity contribution in [2.75, 3.05) is 13.2 Å². The highest BCUT2D eigenvalue weighted by molar-refractivity contribution is 7.47. The summed E-state index contributed by atoms with van der Waals surface area (Å²) in [5.74, 6) is -1.16. The van der Waals surface area contributed by atoms with Crippen LogP contribution in [0.2, 0.25) is 0 Å². The Morgan fingerprint density at radius 1 is 0.433 bits per heavy atom. The summed E-state index contributed by atoms with van der Waals surface area (Å²) in [6, 6.07) is 0. The molecule has 1 saturated carbocycles. The van der Waals surface area contributed by atoms with Crippen LogP contribution in [0.5, 0.6) is 0 Å². The Bertz CT molecular complexity index is 1550. The minimum Gasteiger partial charge on any atom is -0.462 e. The van der Waals surface area contributed by atoms with Crippen molar-refractivity contribution in [2.24, 2.45) is 0 Å². The first-order chi connectivity index (χ1) is 31.4. The van der Waals surface area contributed by atoms with E-state index in [-0.39, 0.29) is 18.6 Å². The summed E-state index contributed by atoms with van der Waals surface area (Å²) in [6.45, 7) is 2.48. The molecule has 4 unspecified atom stereocenters. The Hall–Kier alpha value is -1.03. The number of rotatable bonds is 41. The van der Waals surface area contributed by atoms with Crippen LogP contribution in [0.4, 0.5) is 0 Å². The van der Waals surface area contributed by atoms with Crippen LogP contribution in [0, 0.1) is 0 Å². The van der Waals surface area contributed by atoms with E-state index < -0.39 is 99.2 Å². The molecule has 9 N–H and O–H groups in total. The molecule has 67 heavy (non-hydrogen) atoms. The smallest absolute Gasteiger partial charge is 0.462 e. The molecule has 0 aromatic rings. The number of ketones is 1. The van der Waals surface area contributed by atoms with Crippen LogP contribution >= 0.6 is 31.3 Å². The fourth-order valence-electron chi connectivity index (χ4n) is 7.44. The standard InChI is InChI=1S/C40H78O23P4/c1-3-5-6-7-8-9-10-11-12-13-18-21-24-28-34(43)59-32(29-57-33(42)27-23-20-17-15-14-16-19-22-26-31(41)25-4-2)30-58-67(55,56)63-37-35(44)38(60-64(46,47)48)40(62-66(52,53)54)39(36(37)45)61-65(49,50)51/h32,35-40,44-45H,3-30H2,1-2H3,(H,55,56)(H2,46,47,48)(H2,49,50,51)(H2,52,53,54)/t32-,35+,36?,37?,38+,39-,40?/m1/s1. The molecule has 1 aliphatic carbocycles. The first-order valence-electron chi connectivity index (χ1n) is 23.5. The number of carbonyl (C=O) groups is 3. The number of esters is 2. The van der Waals surface area contributed by atoms with Crippen molar-refractivity contribution >= 4 is 49.0 Å². The molecule has 0 heterocycles. The van der Waals surface area contributed by atoms with E-state index in [9.17, 15) is 77.1 Å². The molecule has 0 radical (unpaired) electrons. The van der Waals surface area contributed by atoms with Gasteiger partial charge in [-0.25, -0.2) is 18.3 Å². The minimum atomic E-state index is -5.79. The van der Waals surface area contributed by atoms with E-state index in [1.165, 1.54) is 44.9 Å². The van der Waals surface area contributed by atoms with Crippen LogP contribution in [-0.4, -0.2) is 118 Å². The summed E-state index contributed by atoms with van der Waals surface area (Å²) in [6.07, 6.45) is 4.71. The van der Waals surface area contributed by atoms with E-state index in [1.807, 2.05) is 6.92 Å². The molecule has 396 valence electrons. The van der Waals surface area contributed by atoms with Gasteiger partial charge >= 0.3 is 43.2 Å². The number of hydrogen-bond donors (Lipinski definition) is 9. The molecule has 0 bridgehead atoms. The molecular formula is C40H78O23P4. The normalized spacial score (nSPS) is 21.7. The van der Waals surface area contributed by atoms with Crippen LogP contribution in [0.15, 0.2) is 0 Å². The second-order valence-electron chi connectivity index (χ2n) is 16.9. The van der Waals surface area contributed by atoms with Crippen molar-refractivity contribution in [3.05, 3.63) is 0 Å². The Balaban J connectivity index is 2.93. The second kappa shape index (κ2) is 34.4. The first kappa shape index (κ1) is 64.0. The molecule has 0 amide bonds. The van der Waals surface area contributed by atoms with Crippen molar-refractivity contribution < 1.29 is 109 Å². The van der Waals surface area contributed by atoms with Gasteiger partial charge in [0.05, 0.1) is 6.61 Å². The predicted octanol–water partition coefficient (Wildman–Crippen LogP) is 6.86. The van der Waals surface area contributed by atoms with E-state index in [0.29, 0.717) is 32.1 Å². The summed E-state index contributed by atoms with van der Waals surface area (Å²) in [5, 5.41) is 21.8. The van der Waals surface area contributed by atoms with Crippen molar-refractivity contribution in [3.8, 4) is 0 Å². The third-order valence-electron chi connectivity index (χ3n) is 10.8. The first-order valence-corrected chi connectivity index (χ1v) is 29.6. The minimum absolute atomic E-state index is 0.00150. The van der Waals surface area contributed by atoms with Crippen LogP contribution < -0.4 is 0 Å². The van der Waals surface area contributed by atoms with Gasteiger partial charge < -0.3 is 53.9 Å². The summed E-state index contributed by atoms with van der Waals surface area (Å²) in [5.41, 5.74) is 0. The van der Waals surface area contributed by atoms with Gasteiger partial charge in [0.15, 0.2) is 6.10 Å². The van der Waals surface area contributed by atoms with Gasteiger partial charge in [-0.2, -0.15) is 0 Å². The zero-order chi connectivity index (χ0) is 50.5. The van der Waals surface area contributed by atoms with Gasteiger partial charge in [0.2, 0.25) is 0 Å². The van der Waals surface area contributed by atoms with Crippen molar-refractivity contribution in [2.45, 2.75) is 224 Å². The maximum Gasteiger partial charge on any atom is 0.472 e. The average Bonchev–Trinajstić information content (AvgIpc) is 3.21. The molecule has 1 rings (SSSR count). The Kier molecular flexibility index (Phi) is 32.8. The van der Waals surface area contributed by atoms with Crippen LogP contribution in [0.25, 0.3) is 0 Å². The SMILES string of the molecule is CCCCCCCCCCCCCCCC(=O)O[C@H](COC(=O)CCCCCCCCCCC(=O)CCC)COP(=O)(O)OC1C(O)[C@@H](OP(=O)(O)O)C(OP(=O)(O)O)[C@@H](OP(=O)(O)O)[C@H]1O. The van der Waals surface area contributed by atoms with E-state index in [4.69, 9.17) is 18.5 Å². The van der Waals surface area contributed by atoms with Gasteiger partial charge in [0.25, 0.3) is 0 Å². The number of phosphoric acid groups is 4. The molecular weight excluding hydrogens is 972 g/mol. The summed E-state index contributed by atoms with van der Waals surface area (Å²) < 4.78 is 81.9. The number of hydrogen-bond acceptors (Lipinski definition) is 16. The van der Waals surface area contributed by atoms with E-state index in [1.54, 1.807) is 0 Å². The summed E-state index contributed by atoms with van der Waals surface area (Å²) >= 11 is 0. The number of ether oxygens (including phenoxy) is 2. The van der Waals surface area contributed by atoms with Gasteiger partial charge in [0, 0.05) is 25.7 Å². The van der Waals surface area contributed by atoms with Crippen LogP contribution in [0.1, 0.15) is 181 Å². The largest absolute Gasteiger partial charge is 0.472 e. The van der Waals surface area contributed by atoms with Gasteiger partial charge in [0.1, 0.15) is 49.0 Å². The molecule has 1 aliphatic rings. The maximum absolute atomic E-state index is 13.2. The Morgan fingerprint density at radius 3 is 1.21 bits per heavy atom. The molecule has 0 aliphatic heterocycles. The lowest BCUT2D eigenvalue weighted by atomic mass is 9.85. The molecule has 0 aromatic heterocycles. The fraction of sp³-hybridized carbons (Fsp3) is 0.925. The average molecular weight is 1050 g/mol. The third-order valence-corrected chi connectivity index (χ3v) is 13.3. The highest BCUT2D eigenvalue weighted by atomic mass is 31.2. The van der Waals surface area contributed by atoms with Gasteiger partial charge in [-0.15, -0.1) is 0 Å². The van der Waals surface area contributed by atoms with Gasteiger partial charge in [-0.3, -0.25) is 37.0 Å². The molecule has 23 nitrogen and oxygen atoms in total. The lowest BCUT2D eigenvalue weighted by molar-refractivity contribution is -0.209. The molecule has 0 aromatic carbocycles. The quantitative estimate of drug-likeness (QED) is 0.0171. The number of carbonyl (C=O) groups excluding carboxylic acids is 3. The van der Waals surface area contributed by atoms with Gasteiger partial charge in [-0.05, 0) is 25.7 Å².